The Morgan fingerprint density at radius 3 is 2.94 bits per heavy atom. The molecule has 0 unspecified atom stereocenters. The second kappa shape index (κ2) is 4.57. The number of fused-ring (bicyclic) bond motifs is 1. The van der Waals surface area contributed by atoms with Crippen molar-refractivity contribution in [3.63, 3.8) is 0 Å². The van der Waals surface area contributed by atoms with E-state index in [0.29, 0.717) is 24.0 Å². The molecule has 0 saturated carbocycles. The van der Waals surface area contributed by atoms with E-state index in [9.17, 15) is 14.3 Å². The van der Waals surface area contributed by atoms with Crippen molar-refractivity contribution >= 4 is 11.7 Å². The highest BCUT2D eigenvalue weighted by atomic mass is 19.1. The number of aliphatic hydroxyl groups is 1. The first kappa shape index (κ1) is 11.6. The summed E-state index contributed by atoms with van der Waals surface area (Å²) < 4.78 is 18.6. The van der Waals surface area contributed by atoms with Gasteiger partial charge in [-0.15, -0.1) is 0 Å². The molecule has 1 N–H and O–H groups in total. The van der Waals surface area contributed by atoms with Gasteiger partial charge in [-0.1, -0.05) is 0 Å². The van der Waals surface area contributed by atoms with Gasteiger partial charge in [0.15, 0.2) is 0 Å². The summed E-state index contributed by atoms with van der Waals surface area (Å²) in [4.78, 5) is 11.3. The van der Waals surface area contributed by atoms with E-state index >= 15 is 0 Å². The zero-order valence-electron chi connectivity index (χ0n) is 9.50. The lowest BCUT2D eigenvalue weighted by Gasteiger charge is -2.10. The Bertz CT molecular complexity index is 492. The van der Waals surface area contributed by atoms with Crippen molar-refractivity contribution in [2.75, 3.05) is 7.11 Å². The van der Waals surface area contributed by atoms with E-state index in [1.807, 2.05) is 0 Å². The van der Waals surface area contributed by atoms with Crippen LogP contribution >= 0.6 is 0 Å². The van der Waals surface area contributed by atoms with E-state index in [1.54, 1.807) is 12.1 Å². The van der Waals surface area contributed by atoms with Crippen molar-refractivity contribution in [2.24, 2.45) is 0 Å². The summed E-state index contributed by atoms with van der Waals surface area (Å²) in [7, 11) is 1.21. The number of allylic oxidation sites excluding steroid dienone is 1. The lowest BCUT2D eigenvalue weighted by molar-refractivity contribution is 0.0595. The summed E-state index contributed by atoms with van der Waals surface area (Å²) in [5.74, 6) is -1.21. The lowest BCUT2D eigenvalue weighted by atomic mass is 9.99. The van der Waals surface area contributed by atoms with Crippen LogP contribution < -0.4 is 0 Å². The number of halogens is 1. The van der Waals surface area contributed by atoms with Crippen molar-refractivity contribution < 1.29 is 19.0 Å². The lowest BCUT2D eigenvalue weighted by Crippen LogP contribution is -2.08. The van der Waals surface area contributed by atoms with Crippen LogP contribution in [0.3, 0.4) is 0 Å². The predicted molar refractivity (Wildman–Crippen MR) is 61.3 cm³/mol. The van der Waals surface area contributed by atoms with Gasteiger partial charge in [-0.2, -0.15) is 0 Å². The average Bonchev–Trinajstić information content (AvgIpc) is 2.52. The fourth-order valence-electron chi connectivity index (χ4n) is 2.00. The first-order chi connectivity index (χ1) is 8.15. The molecule has 0 radical (unpaired) electrons. The quantitative estimate of drug-likeness (QED) is 0.762. The highest BCUT2D eigenvalue weighted by molar-refractivity contribution is 5.90. The van der Waals surface area contributed by atoms with Gasteiger partial charge in [-0.25, -0.2) is 9.18 Å². The standard InChI is InChI=1S/C13H13FO3/c1-17-13(16)10-7-6-8-9(12(10)14)4-2-3-5-11(8)15/h5-7,15H,2-4H2,1H3. The summed E-state index contributed by atoms with van der Waals surface area (Å²) in [6.45, 7) is 0. The number of carbonyl (C=O) groups is 1. The van der Waals surface area contributed by atoms with Crippen LogP contribution in [0.5, 0.6) is 0 Å². The molecule has 0 heterocycles. The van der Waals surface area contributed by atoms with Crippen molar-refractivity contribution in [2.45, 2.75) is 19.3 Å². The van der Waals surface area contributed by atoms with Crippen LogP contribution in [0.15, 0.2) is 18.2 Å². The molecule has 17 heavy (non-hydrogen) atoms. The van der Waals surface area contributed by atoms with Crippen molar-refractivity contribution in [1.29, 1.82) is 0 Å². The molecule has 0 saturated heterocycles. The number of benzene rings is 1. The molecule has 0 aliphatic heterocycles. The van der Waals surface area contributed by atoms with Gasteiger partial charge in [0.05, 0.1) is 12.7 Å². The molecule has 0 amide bonds. The van der Waals surface area contributed by atoms with E-state index in [-0.39, 0.29) is 11.3 Å². The third-order valence-corrected chi connectivity index (χ3v) is 2.89. The van der Waals surface area contributed by atoms with Gasteiger partial charge in [0.2, 0.25) is 0 Å². The smallest absolute Gasteiger partial charge is 0.340 e. The molecule has 1 aliphatic rings. The van der Waals surface area contributed by atoms with Crippen LogP contribution in [0, 0.1) is 5.82 Å². The first-order valence-corrected chi connectivity index (χ1v) is 5.44. The molecule has 4 heteroatoms. The van der Waals surface area contributed by atoms with Gasteiger partial charge >= 0.3 is 5.97 Å². The number of ether oxygens (including phenoxy) is 1. The third-order valence-electron chi connectivity index (χ3n) is 2.89. The summed E-state index contributed by atoms with van der Waals surface area (Å²) in [6.07, 6.45) is 3.63. The van der Waals surface area contributed by atoms with Crippen LogP contribution in [-0.4, -0.2) is 18.2 Å². The monoisotopic (exact) mass is 236 g/mol. The fourth-order valence-corrected chi connectivity index (χ4v) is 2.00. The second-order valence-corrected chi connectivity index (χ2v) is 3.93. The van der Waals surface area contributed by atoms with Gasteiger partial charge in [0.25, 0.3) is 0 Å². The summed E-state index contributed by atoms with van der Waals surface area (Å²) >= 11 is 0. The summed E-state index contributed by atoms with van der Waals surface area (Å²) in [5, 5.41) is 9.73. The van der Waals surface area contributed by atoms with Crippen LogP contribution in [0.1, 0.15) is 34.3 Å². The predicted octanol–water partition coefficient (Wildman–Crippen LogP) is 2.85. The van der Waals surface area contributed by atoms with Gasteiger partial charge in [0, 0.05) is 5.56 Å². The van der Waals surface area contributed by atoms with Crippen LogP contribution in [0.25, 0.3) is 5.76 Å². The van der Waals surface area contributed by atoms with E-state index in [1.165, 1.54) is 13.2 Å². The Hall–Kier alpha value is -1.84. The minimum atomic E-state index is -0.696. The third kappa shape index (κ3) is 2.02. The SMILES string of the molecule is COC(=O)c1ccc2c(c1F)CCCC=C2O. The van der Waals surface area contributed by atoms with Gasteiger partial charge in [0.1, 0.15) is 11.6 Å². The second-order valence-electron chi connectivity index (χ2n) is 3.93. The number of hydrogen-bond acceptors (Lipinski definition) is 3. The largest absolute Gasteiger partial charge is 0.508 e. The van der Waals surface area contributed by atoms with Gasteiger partial charge < -0.3 is 9.84 Å². The van der Waals surface area contributed by atoms with E-state index < -0.39 is 11.8 Å². The van der Waals surface area contributed by atoms with Gasteiger partial charge in [-0.05, 0) is 43.0 Å². The number of methoxy groups -OCH3 is 1. The highest BCUT2D eigenvalue weighted by Crippen LogP contribution is 2.28. The molecular formula is C13H13FO3. The molecule has 1 aromatic rings. The maximum atomic E-state index is 14.1. The zero-order valence-corrected chi connectivity index (χ0v) is 9.50. The molecule has 90 valence electrons. The van der Waals surface area contributed by atoms with Crippen molar-refractivity contribution in [3.8, 4) is 0 Å². The average molecular weight is 236 g/mol. The Labute approximate surface area is 98.5 Å². The Balaban J connectivity index is 2.56. The van der Waals surface area contributed by atoms with E-state index in [4.69, 9.17) is 0 Å². The topological polar surface area (TPSA) is 46.5 Å². The number of hydrogen-bond donors (Lipinski definition) is 1. The van der Waals surface area contributed by atoms with Crippen molar-refractivity contribution in [3.05, 3.63) is 40.7 Å². The molecule has 1 aromatic carbocycles. The fraction of sp³-hybridized carbons (Fsp3) is 0.308. The zero-order chi connectivity index (χ0) is 12.4. The molecule has 0 aromatic heterocycles. The van der Waals surface area contributed by atoms with E-state index in [0.717, 1.165) is 6.42 Å². The van der Waals surface area contributed by atoms with Crippen molar-refractivity contribution in [1.82, 2.24) is 0 Å². The minimum absolute atomic E-state index is 0.0767. The first-order valence-electron chi connectivity index (χ1n) is 5.44. The number of esters is 1. The Morgan fingerprint density at radius 2 is 2.24 bits per heavy atom. The summed E-state index contributed by atoms with van der Waals surface area (Å²) in [5.41, 5.74) is 0.771. The Kier molecular flexibility index (Phi) is 3.13. The molecule has 0 spiro atoms. The summed E-state index contributed by atoms with van der Waals surface area (Å²) in [6, 6.07) is 2.90. The number of aliphatic hydroxyl groups excluding tert-OH is 1. The maximum Gasteiger partial charge on any atom is 0.340 e. The molecule has 2 rings (SSSR count). The van der Waals surface area contributed by atoms with Gasteiger partial charge in [-0.3, -0.25) is 0 Å². The molecule has 0 bridgehead atoms. The Morgan fingerprint density at radius 1 is 1.47 bits per heavy atom. The normalized spacial score (nSPS) is 14.6. The molecule has 1 aliphatic carbocycles. The number of rotatable bonds is 1. The van der Waals surface area contributed by atoms with Crippen LogP contribution in [0.2, 0.25) is 0 Å². The van der Waals surface area contributed by atoms with Crippen LogP contribution in [-0.2, 0) is 11.2 Å². The molecule has 0 fully saturated rings. The number of carbonyl (C=O) groups excluding carboxylic acids is 1. The van der Waals surface area contributed by atoms with E-state index in [2.05, 4.69) is 4.74 Å². The molecule has 0 atom stereocenters. The highest BCUT2D eigenvalue weighted by Gasteiger charge is 2.21. The van der Waals surface area contributed by atoms with Crippen LogP contribution in [0.4, 0.5) is 4.39 Å². The molecule has 3 nitrogen and oxygen atoms in total. The minimum Gasteiger partial charge on any atom is -0.508 e. The molecular weight excluding hydrogens is 223 g/mol. The maximum absolute atomic E-state index is 14.1.